The third-order valence-electron chi connectivity index (χ3n) is 2.75. The summed E-state index contributed by atoms with van der Waals surface area (Å²) in [5.74, 6) is 0.264. The number of phosphoric acid groups is 1. The largest absolute Gasteiger partial charge is 0.524 e. The Morgan fingerprint density at radius 2 is 1.62 bits per heavy atom. The smallest absolute Gasteiger partial charge is 0.404 e. The minimum atomic E-state index is -4.51. The summed E-state index contributed by atoms with van der Waals surface area (Å²) < 4.78 is 15.7. The van der Waals surface area contributed by atoms with E-state index >= 15 is 0 Å². The minimum Gasteiger partial charge on any atom is -0.404 e. The molecule has 0 saturated carbocycles. The summed E-state index contributed by atoms with van der Waals surface area (Å²) in [5, 5.41) is 0. The topological polar surface area (TPSA) is 66.8 Å². The third kappa shape index (κ3) is 9.75. The standard InChI is InChI=1S/C14H21O4P.2Fe/c1-3-5-7-12-9-10-14(18-19(15,16)17)13(11-12)8-6-4-2;;/h9-11H,1-8H2,(H2,15,16,17);;/q-2;;. The first-order chi connectivity index (χ1) is 8.96. The molecular formula is C14H21Fe2O4P-2. The number of hydrogen-bond acceptors (Lipinski definition) is 2. The molecule has 0 spiro atoms. The van der Waals surface area contributed by atoms with Gasteiger partial charge in [-0.3, -0.25) is 9.79 Å². The molecule has 0 bridgehead atoms. The normalized spacial score (nSPS) is 10.5. The van der Waals surface area contributed by atoms with E-state index in [-0.39, 0.29) is 39.9 Å². The Labute approximate surface area is 148 Å². The molecule has 1 aromatic carbocycles. The van der Waals surface area contributed by atoms with Gasteiger partial charge in [0.1, 0.15) is 5.75 Å². The molecule has 0 radical (unpaired) electrons. The first-order valence-corrected chi connectivity index (χ1v) is 7.94. The SMILES string of the molecule is [CH2-]CCCc1ccc(OP(=O)(O)O)c(CCC[CH2-])c1.[Fe].[Fe]. The van der Waals surface area contributed by atoms with Crippen LogP contribution in [0, 0.1) is 13.8 Å². The van der Waals surface area contributed by atoms with Gasteiger partial charge in [0.15, 0.2) is 0 Å². The molecule has 7 heteroatoms. The number of phosphoric ester groups is 1. The number of benzene rings is 1. The van der Waals surface area contributed by atoms with Crippen LogP contribution in [0.1, 0.15) is 36.8 Å². The van der Waals surface area contributed by atoms with Crippen LogP contribution in [0.2, 0.25) is 0 Å². The van der Waals surface area contributed by atoms with Crippen LogP contribution < -0.4 is 4.52 Å². The Hall–Kier alpha value is 0.209. The van der Waals surface area contributed by atoms with Crippen LogP contribution in [0.5, 0.6) is 5.75 Å². The van der Waals surface area contributed by atoms with Crippen molar-refractivity contribution in [3.63, 3.8) is 0 Å². The van der Waals surface area contributed by atoms with Crippen molar-refractivity contribution in [2.45, 2.75) is 38.5 Å². The summed E-state index contributed by atoms with van der Waals surface area (Å²) in [6.45, 7) is 7.58. The van der Waals surface area contributed by atoms with Crippen LogP contribution in [0.15, 0.2) is 18.2 Å². The molecule has 1 aromatic rings. The zero-order chi connectivity index (χ0) is 14.3. The Balaban J connectivity index is 0. The molecule has 0 aliphatic rings. The minimum absolute atomic E-state index is 0. The fraction of sp³-hybridized carbons (Fsp3) is 0.429. The van der Waals surface area contributed by atoms with Crippen molar-refractivity contribution in [2.24, 2.45) is 0 Å². The van der Waals surface area contributed by atoms with Crippen molar-refractivity contribution < 1.29 is 53.0 Å². The molecule has 0 saturated heterocycles. The molecule has 0 aliphatic heterocycles. The number of aryl methyl sites for hydroxylation is 2. The van der Waals surface area contributed by atoms with Crippen LogP contribution in [0.3, 0.4) is 0 Å². The van der Waals surface area contributed by atoms with E-state index < -0.39 is 7.82 Å². The molecule has 1 rings (SSSR count). The summed E-state index contributed by atoms with van der Waals surface area (Å²) in [6.07, 6.45) is 5.12. The summed E-state index contributed by atoms with van der Waals surface area (Å²) in [4.78, 5) is 17.8. The average molecular weight is 396 g/mol. The van der Waals surface area contributed by atoms with E-state index in [9.17, 15) is 4.57 Å². The maximum absolute atomic E-state index is 10.9. The van der Waals surface area contributed by atoms with Crippen molar-refractivity contribution in [2.75, 3.05) is 0 Å². The van der Waals surface area contributed by atoms with Crippen molar-refractivity contribution in [3.05, 3.63) is 43.2 Å². The van der Waals surface area contributed by atoms with Gasteiger partial charge in [-0.15, -0.1) is 0 Å². The van der Waals surface area contributed by atoms with Crippen LogP contribution in [-0.2, 0) is 51.5 Å². The predicted octanol–water partition coefficient (Wildman–Crippen LogP) is 3.47. The zero-order valence-corrected chi connectivity index (χ0v) is 14.9. The molecule has 0 unspecified atom stereocenters. The van der Waals surface area contributed by atoms with Gasteiger partial charge in [-0.1, -0.05) is 25.0 Å². The Bertz CT molecular complexity index is 449. The van der Waals surface area contributed by atoms with E-state index in [1.807, 2.05) is 12.1 Å². The van der Waals surface area contributed by atoms with Gasteiger partial charge < -0.3 is 18.4 Å². The van der Waals surface area contributed by atoms with Gasteiger partial charge in [0, 0.05) is 34.1 Å². The zero-order valence-electron chi connectivity index (χ0n) is 11.8. The van der Waals surface area contributed by atoms with Crippen molar-refractivity contribution in [1.82, 2.24) is 0 Å². The van der Waals surface area contributed by atoms with Crippen molar-refractivity contribution >= 4 is 7.82 Å². The van der Waals surface area contributed by atoms with Crippen LogP contribution in [0.25, 0.3) is 0 Å². The number of unbranched alkanes of at least 4 members (excludes halogenated alkanes) is 2. The Morgan fingerprint density at radius 3 is 2.14 bits per heavy atom. The van der Waals surface area contributed by atoms with Crippen LogP contribution in [0.4, 0.5) is 0 Å². The average Bonchev–Trinajstić information content (AvgIpc) is 2.34. The predicted molar refractivity (Wildman–Crippen MR) is 75.7 cm³/mol. The molecule has 0 fully saturated rings. The van der Waals surface area contributed by atoms with E-state index in [2.05, 4.69) is 13.8 Å². The quantitative estimate of drug-likeness (QED) is 0.402. The molecule has 0 aliphatic carbocycles. The van der Waals surface area contributed by atoms with E-state index in [1.54, 1.807) is 6.07 Å². The molecule has 0 heterocycles. The molecule has 0 amide bonds. The maximum Gasteiger partial charge on any atom is 0.524 e. The van der Waals surface area contributed by atoms with Gasteiger partial charge in [-0.25, -0.2) is 4.57 Å². The Morgan fingerprint density at radius 1 is 1.05 bits per heavy atom. The maximum atomic E-state index is 10.9. The first kappa shape index (κ1) is 23.5. The van der Waals surface area contributed by atoms with Gasteiger partial charge in [0.05, 0.1) is 0 Å². The van der Waals surface area contributed by atoms with E-state index in [0.717, 1.165) is 43.2 Å². The second-order valence-corrected chi connectivity index (χ2v) is 5.60. The van der Waals surface area contributed by atoms with Gasteiger partial charge in [0.2, 0.25) is 0 Å². The van der Waals surface area contributed by atoms with E-state index in [1.165, 1.54) is 0 Å². The molecule has 124 valence electrons. The molecule has 0 atom stereocenters. The van der Waals surface area contributed by atoms with E-state index in [4.69, 9.17) is 14.3 Å². The number of rotatable bonds is 8. The monoisotopic (exact) mass is 396 g/mol. The summed E-state index contributed by atoms with van der Waals surface area (Å²) >= 11 is 0. The number of hydrogen-bond donors (Lipinski definition) is 2. The molecule has 2 N–H and O–H groups in total. The van der Waals surface area contributed by atoms with Gasteiger partial charge in [-0.2, -0.15) is 12.8 Å². The fourth-order valence-corrected chi connectivity index (χ4v) is 2.28. The summed E-state index contributed by atoms with van der Waals surface area (Å²) in [7, 11) is -4.51. The van der Waals surface area contributed by atoms with Gasteiger partial charge in [-0.05, 0) is 30.0 Å². The fourth-order valence-electron chi connectivity index (χ4n) is 1.85. The third-order valence-corrected chi connectivity index (χ3v) is 3.19. The van der Waals surface area contributed by atoms with Crippen molar-refractivity contribution in [1.29, 1.82) is 0 Å². The summed E-state index contributed by atoms with van der Waals surface area (Å²) in [5.41, 5.74) is 1.97. The Kier molecular flexibility index (Phi) is 13.1. The van der Waals surface area contributed by atoms with Gasteiger partial charge in [0.25, 0.3) is 0 Å². The van der Waals surface area contributed by atoms with E-state index in [0.29, 0.717) is 6.42 Å². The second-order valence-electron chi connectivity index (χ2n) is 4.44. The van der Waals surface area contributed by atoms with Crippen LogP contribution >= 0.6 is 7.82 Å². The molecule has 4 nitrogen and oxygen atoms in total. The van der Waals surface area contributed by atoms with Crippen LogP contribution in [-0.4, -0.2) is 9.79 Å². The van der Waals surface area contributed by atoms with Gasteiger partial charge >= 0.3 is 7.82 Å². The summed E-state index contributed by atoms with van der Waals surface area (Å²) in [6, 6.07) is 5.43. The molecular weight excluding hydrogens is 375 g/mol. The van der Waals surface area contributed by atoms with Crippen molar-refractivity contribution in [3.8, 4) is 5.75 Å². The second kappa shape index (κ2) is 11.7. The molecule has 21 heavy (non-hydrogen) atoms. The first-order valence-electron chi connectivity index (χ1n) is 6.41. The molecule has 0 aromatic heterocycles.